The number of carbonyl (C=O) groups is 1. The minimum absolute atomic E-state index is 0.398. The van der Waals surface area contributed by atoms with Crippen molar-refractivity contribution >= 4 is 11.6 Å². The second-order valence-corrected chi connectivity index (χ2v) is 4.58. The fraction of sp³-hybridized carbons (Fsp3) is 0.188. The molecule has 4 heteroatoms. The summed E-state index contributed by atoms with van der Waals surface area (Å²) < 4.78 is 5.68. The Morgan fingerprint density at radius 1 is 1.10 bits per heavy atom. The van der Waals surface area contributed by atoms with Crippen LogP contribution in [0.2, 0.25) is 0 Å². The number of amides is 1. The Labute approximate surface area is 118 Å². The minimum Gasteiger partial charge on any atom is -0.487 e. The van der Waals surface area contributed by atoms with Gasteiger partial charge in [-0.3, -0.25) is 4.79 Å². The standard InChI is InChI=1S/C16H18N2O2/c1-2-11-5-8-15(14(17)9-11)20-10-12-3-6-13(7-4-12)16(18)19/h3-9H,2,10,17H2,1H3,(H2,18,19). The molecule has 0 aromatic heterocycles. The van der Waals surface area contributed by atoms with Gasteiger partial charge in [0.25, 0.3) is 0 Å². The number of benzene rings is 2. The molecule has 104 valence electrons. The van der Waals surface area contributed by atoms with E-state index in [9.17, 15) is 4.79 Å². The Kier molecular flexibility index (Phi) is 4.25. The fourth-order valence-electron chi connectivity index (χ4n) is 1.88. The third kappa shape index (κ3) is 3.29. The summed E-state index contributed by atoms with van der Waals surface area (Å²) in [5, 5.41) is 0. The number of aryl methyl sites for hydroxylation is 1. The first-order valence-corrected chi connectivity index (χ1v) is 6.50. The highest BCUT2D eigenvalue weighted by molar-refractivity contribution is 5.92. The molecule has 0 bridgehead atoms. The second-order valence-electron chi connectivity index (χ2n) is 4.58. The lowest BCUT2D eigenvalue weighted by Gasteiger charge is -2.10. The van der Waals surface area contributed by atoms with Crippen molar-refractivity contribution in [1.29, 1.82) is 0 Å². The molecule has 0 radical (unpaired) electrons. The summed E-state index contributed by atoms with van der Waals surface area (Å²) in [6.45, 7) is 2.48. The third-order valence-corrected chi connectivity index (χ3v) is 3.12. The van der Waals surface area contributed by atoms with Crippen molar-refractivity contribution in [3.05, 3.63) is 59.2 Å². The smallest absolute Gasteiger partial charge is 0.248 e. The quantitative estimate of drug-likeness (QED) is 0.819. The van der Waals surface area contributed by atoms with Crippen molar-refractivity contribution in [2.45, 2.75) is 20.0 Å². The average Bonchev–Trinajstić information content (AvgIpc) is 2.46. The predicted molar refractivity (Wildman–Crippen MR) is 79.5 cm³/mol. The first-order chi connectivity index (χ1) is 9.60. The van der Waals surface area contributed by atoms with Crippen molar-refractivity contribution in [3.8, 4) is 5.75 Å². The number of ether oxygens (including phenoxy) is 1. The number of hydrogen-bond acceptors (Lipinski definition) is 3. The summed E-state index contributed by atoms with van der Waals surface area (Å²) in [5.74, 6) is 0.234. The van der Waals surface area contributed by atoms with Crippen molar-refractivity contribution < 1.29 is 9.53 Å². The predicted octanol–water partition coefficient (Wildman–Crippen LogP) is 2.51. The summed E-state index contributed by atoms with van der Waals surface area (Å²) >= 11 is 0. The summed E-state index contributed by atoms with van der Waals surface area (Å²) in [5.41, 5.74) is 14.4. The first kappa shape index (κ1) is 13.9. The maximum absolute atomic E-state index is 11.0. The molecule has 2 aromatic carbocycles. The normalized spacial score (nSPS) is 10.2. The molecule has 0 fully saturated rings. The van der Waals surface area contributed by atoms with Crippen molar-refractivity contribution in [1.82, 2.24) is 0 Å². The van der Waals surface area contributed by atoms with E-state index in [0.717, 1.165) is 12.0 Å². The Morgan fingerprint density at radius 3 is 2.30 bits per heavy atom. The maximum Gasteiger partial charge on any atom is 0.248 e. The lowest BCUT2D eigenvalue weighted by molar-refractivity contribution is 0.1000. The highest BCUT2D eigenvalue weighted by Gasteiger charge is 2.03. The molecule has 1 amide bonds. The van der Waals surface area contributed by atoms with Crippen molar-refractivity contribution in [2.24, 2.45) is 5.73 Å². The molecular weight excluding hydrogens is 252 g/mol. The molecule has 20 heavy (non-hydrogen) atoms. The van der Waals surface area contributed by atoms with Crippen molar-refractivity contribution in [3.63, 3.8) is 0 Å². The van der Waals surface area contributed by atoms with E-state index in [4.69, 9.17) is 16.2 Å². The maximum atomic E-state index is 11.0. The molecular formula is C16H18N2O2. The molecule has 4 N–H and O–H groups in total. The Balaban J connectivity index is 2.03. The van der Waals surface area contributed by atoms with Gasteiger partial charge in [0, 0.05) is 5.56 Å². The molecule has 0 aliphatic carbocycles. The van der Waals surface area contributed by atoms with Crippen LogP contribution in [-0.2, 0) is 13.0 Å². The van der Waals surface area contributed by atoms with E-state index in [1.165, 1.54) is 5.56 Å². The second kappa shape index (κ2) is 6.10. The molecule has 0 aliphatic rings. The molecule has 0 saturated heterocycles. The molecule has 0 saturated carbocycles. The van der Waals surface area contributed by atoms with Crippen LogP contribution in [0.4, 0.5) is 5.69 Å². The zero-order valence-electron chi connectivity index (χ0n) is 11.4. The van der Waals surface area contributed by atoms with Crippen LogP contribution in [-0.4, -0.2) is 5.91 Å². The number of carbonyl (C=O) groups excluding carboxylic acids is 1. The topological polar surface area (TPSA) is 78.3 Å². The molecule has 0 unspecified atom stereocenters. The Morgan fingerprint density at radius 2 is 1.75 bits per heavy atom. The molecule has 0 atom stereocenters. The van der Waals surface area contributed by atoms with Crippen molar-refractivity contribution in [2.75, 3.05) is 5.73 Å². The van der Waals surface area contributed by atoms with E-state index < -0.39 is 5.91 Å². The van der Waals surface area contributed by atoms with Gasteiger partial charge in [-0.1, -0.05) is 25.1 Å². The largest absolute Gasteiger partial charge is 0.487 e. The molecule has 0 aliphatic heterocycles. The van der Waals surface area contributed by atoms with E-state index in [1.807, 2.05) is 30.3 Å². The molecule has 0 spiro atoms. The van der Waals surface area contributed by atoms with E-state index in [-0.39, 0.29) is 0 Å². The third-order valence-electron chi connectivity index (χ3n) is 3.12. The van der Waals surface area contributed by atoms with Crippen LogP contribution < -0.4 is 16.2 Å². The van der Waals surface area contributed by atoms with Gasteiger partial charge in [-0.25, -0.2) is 0 Å². The van der Waals surface area contributed by atoms with Crippen LogP contribution in [0, 0.1) is 0 Å². The number of nitrogen functional groups attached to an aromatic ring is 1. The number of primary amides is 1. The number of nitrogens with two attached hydrogens (primary N) is 2. The summed E-state index contributed by atoms with van der Waals surface area (Å²) in [7, 11) is 0. The van der Waals surface area contributed by atoms with Crippen LogP contribution in [0.15, 0.2) is 42.5 Å². The lowest BCUT2D eigenvalue weighted by atomic mass is 10.1. The van der Waals surface area contributed by atoms with Crippen LogP contribution in [0.3, 0.4) is 0 Å². The number of anilines is 1. The van der Waals surface area contributed by atoms with Gasteiger partial charge < -0.3 is 16.2 Å². The van der Waals surface area contributed by atoms with Gasteiger partial charge in [0.15, 0.2) is 0 Å². The van der Waals surface area contributed by atoms with Crippen LogP contribution in [0.5, 0.6) is 5.75 Å². The zero-order chi connectivity index (χ0) is 14.5. The lowest BCUT2D eigenvalue weighted by Crippen LogP contribution is -2.10. The van der Waals surface area contributed by atoms with Crippen LogP contribution in [0.1, 0.15) is 28.4 Å². The van der Waals surface area contributed by atoms with Crippen LogP contribution in [0.25, 0.3) is 0 Å². The van der Waals surface area contributed by atoms with E-state index in [1.54, 1.807) is 12.1 Å². The van der Waals surface area contributed by atoms with Gasteiger partial charge in [-0.2, -0.15) is 0 Å². The molecule has 2 rings (SSSR count). The average molecular weight is 270 g/mol. The SMILES string of the molecule is CCc1ccc(OCc2ccc(C(N)=O)cc2)c(N)c1. The Bertz CT molecular complexity index is 606. The van der Waals surface area contributed by atoms with E-state index in [2.05, 4.69) is 6.92 Å². The summed E-state index contributed by atoms with van der Waals surface area (Å²) in [6, 6.07) is 12.8. The van der Waals surface area contributed by atoms with Gasteiger partial charge in [-0.05, 0) is 41.8 Å². The van der Waals surface area contributed by atoms with Gasteiger partial charge in [-0.15, -0.1) is 0 Å². The minimum atomic E-state index is -0.433. The number of hydrogen-bond donors (Lipinski definition) is 2. The summed E-state index contributed by atoms with van der Waals surface area (Å²) in [6.07, 6.45) is 0.944. The highest BCUT2D eigenvalue weighted by Crippen LogP contribution is 2.23. The van der Waals surface area contributed by atoms with Gasteiger partial charge in [0.05, 0.1) is 5.69 Å². The monoisotopic (exact) mass is 270 g/mol. The first-order valence-electron chi connectivity index (χ1n) is 6.50. The summed E-state index contributed by atoms with van der Waals surface area (Å²) in [4.78, 5) is 11.0. The van der Waals surface area contributed by atoms with E-state index in [0.29, 0.717) is 23.6 Å². The van der Waals surface area contributed by atoms with Crippen LogP contribution >= 0.6 is 0 Å². The van der Waals surface area contributed by atoms with E-state index >= 15 is 0 Å². The molecule has 2 aromatic rings. The Hall–Kier alpha value is -2.49. The molecule has 4 nitrogen and oxygen atoms in total. The fourth-order valence-corrected chi connectivity index (χ4v) is 1.88. The number of rotatable bonds is 5. The van der Waals surface area contributed by atoms with Gasteiger partial charge in [0.1, 0.15) is 12.4 Å². The van der Waals surface area contributed by atoms with Gasteiger partial charge in [0.2, 0.25) is 5.91 Å². The zero-order valence-corrected chi connectivity index (χ0v) is 11.4. The molecule has 0 heterocycles. The van der Waals surface area contributed by atoms with Gasteiger partial charge >= 0.3 is 0 Å². The highest BCUT2D eigenvalue weighted by atomic mass is 16.5.